The Bertz CT molecular complexity index is 566. The number of hydrogen-bond acceptors (Lipinski definition) is 4. The predicted molar refractivity (Wildman–Crippen MR) is 76.1 cm³/mol. The third-order valence-corrected chi connectivity index (χ3v) is 3.63. The van der Waals surface area contributed by atoms with E-state index >= 15 is 0 Å². The van der Waals surface area contributed by atoms with Crippen LogP contribution in [-0.4, -0.2) is 29.9 Å². The van der Waals surface area contributed by atoms with Crippen molar-refractivity contribution >= 4 is 17.6 Å². The van der Waals surface area contributed by atoms with Gasteiger partial charge in [-0.05, 0) is 25.0 Å². The molecule has 0 aromatic carbocycles. The maximum absolute atomic E-state index is 12.5. The van der Waals surface area contributed by atoms with Gasteiger partial charge in [0.25, 0.3) is 0 Å². The van der Waals surface area contributed by atoms with Gasteiger partial charge in [0.2, 0.25) is 11.8 Å². The van der Waals surface area contributed by atoms with Gasteiger partial charge in [0.15, 0.2) is 0 Å². The molecule has 2 N–H and O–H groups in total. The molecule has 1 saturated heterocycles. The number of rotatable bonds is 2. The molecule has 1 aliphatic rings. The Morgan fingerprint density at radius 3 is 2.35 bits per heavy atom. The molecular weight excluding hydrogens is 313 g/mol. The fourth-order valence-electron chi connectivity index (χ4n) is 2.36. The number of anilines is 1. The molecule has 23 heavy (non-hydrogen) atoms. The van der Waals surface area contributed by atoms with E-state index in [1.807, 2.05) is 4.90 Å². The average Bonchev–Trinajstić information content (AvgIpc) is 2.52. The highest BCUT2D eigenvalue weighted by atomic mass is 19.4. The van der Waals surface area contributed by atoms with Crippen LogP contribution in [0.4, 0.5) is 19.0 Å². The van der Waals surface area contributed by atoms with E-state index in [1.165, 1.54) is 13.0 Å². The van der Waals surface area contributed by atoms with Crippen LogP contribution in [0.15, 0.2) is 18.3 Å². The molecule has 9 heteroatoms. The van der Waals surface area contributed by atoms with Gasteiger partial charge in [-0.15, -0.1) is 0 Å². The first-order valence-electron chi connectivity index (χ1n) is 7.12. The van der Waals surface area contributed by atoms with Crippen LogP contribution < -0.4 is 15.8 Å². The van der Waals surface area contributed by atoms with E-state index in [2.05, 4.69) is 15.8 Å². The number of nitrogens with one attached hydrogen (secondary N) is 2. The van der Waals surface area contributed by atoms with E-state index in [0.717, 1.165) is 12.3 Å². The van der Waals surface area contributed by atoms with Crippen molar-refractivity contribution in [2.45, 2.75) is 25.9 Å². The van der Waals surface area contributed by atoms with E-state index < -0.39 is 11.7 Å². The summed E-state index contributed by atoms with van der Waals surface area (Å²) in [7, 11) is 0. The number of alkyl halides is 3. The summed E-state index contributed by atoms with van der Waals surface area (Å²) in [5, 5.41) is 0. The van der Waals surface area contributed by atoms with Crippen LogP contribution in [0, 0.1) is 5.92 Å². The van der Waals surface area contributed by atoms with Gasteiger partial charge in [0.05, 0.1) is 5.56 Å². The lowest BCUT2D eigenvalue weighted by molar-refractivity contribution is -0.137. The quantitative estimate of drug-likeness (QED) is 0.806. The number of halogens is 3. The highest BCUT2D eigenvalue weighted by molar-refractivity contribution is 5.82. The van der Waals surface area contributed by atoms with Gasteiger partial charge >= 0.3 is 6.18 Å². The summed E-state index contributed by atoms with van der Waals surface area (Å²) in [6.45, 7) is 2.31. The number of hydrazine groups is 1. The van der Waals surface area contributed by atoms with Crippen LogP contribution in [0.25, 0.3) is 0 Å². The molecule has 1 aromatic rings. The number of pyridine rings is 1. The second-order valence-corrected chi connectivity index (χ2v) is 5.33. The smallest absolute Gasteiger partial charge is 0.357 e. The summed E-state index contributed by atoms with van der Waals surface area (Å²) >= 11 is 0. The highest BCUT2D eigenvalue weighted by Crippen LogP contribution is 2.30. The standard InChI is InChI=1S/C14H17F3N4O2/c1-9(22)19-20-13(23)10-4-6-21(7-5-10)12-3-2-11(8-18-12)14(15,16)17/h2-3,8,10H,4-7H2,1H3,(H,19,22)(H,20,23). The molecule has 1 fully saturated rings. The molecule has 0 radical (unpaired) electrons. The van der Waals surface area contributed by atoms with E-state index in [4.69, 9.17) is 0 Å². The molecule has 2 rings (SSSR count). The van der Waals surface area contributed by atoms with Crippen molar-refractivity contribution in [1.82, 2.24) is 15.8 Å². The minimum absolute atomic E-state index is 0.243. The van der Waals surface area contributed by atoms with Crippen LogP contribution in [-0.2, 0) is 15.8 Å². The molecule has 2 heterocycles. The maximum atomic E-state index is 12.5. The summed E-state index contributed by atoms with van der Waals surface area (Å²) in [6, 6.07) is 2.33. The van der Waals surface area contributed by atoms with Crippen molar-refractivity contribution in [3.05, 3.63) is 23.9 Å². The lowest BCUT2D eigenvalue weighted by atomic mass is 9.96. The number of aromatic nitrogens is 1. The summed E-state index contributed by atoms with van der Waals surface area (Å²) in [6.07, 6.45) is -2.52. The zero-order chi connectivity index (χ0) is 17.0. The van der Waals surface area contributed by atoms with E-state index in [9.17, 15) is 22.8 Å². The van der Waals surface area contributed by atoms with Crippen molar-refractivity contribution in [2.24, 2.45) is 5.92 Å². The zero-order valence-corrected chi connectivity index (χ0v) is 12.5. The minimum atomic E-state index is -4.40. The highest BCUT2D eigenvalue weighted by Gasteiger charge is 2.31. The normalized spacial score (nSPS) is 16.1. The molecule has 0 saturated carbocycles. The topological polar surface area (TPSA) is 74.3 Å². The molecule has 126 valence electrons. The molecule has 0 unspecified atom stereocenters. The Kier molecular flexibility index (Phi) is 5.07. The predicted octanol–water partition coefficient (Wildman–Crippen LogP) is 1.48. The van der Waals surface area contributed by atoms with Crippen molar-refractivity contribution in [1.29, 1.82) is 0 Å². The third-order valence-electron chi connectivity index (χ3n) is 3.63. The second-order valence-electron chi connectivity index (χ2n) is 5.33. The van der Waals surface area contributed by atoms with Gasteiger partial charge < -0.3 is 4.90 Å². The molecule has 1 aromatic heterocycles. The van der Waals surface area contributed by atoms with Gasteiger partial charge in [-0.3, -0.25) is 20.4 Å². The number of carbonyl (C=O) groups excluding carboxylic acids is 2. The second kappa shape index (κ2) is 6.84. The molecule has 0 spiro atoms. The van der Waals surface area contributed by atoms with Gasteiger partial charge in [0, 0.05) is 32.1 Å². The number of piperidine rings is 1. The average molecular weight is 330 g/mol. The monoisotopic (exact) mass is 330 g/mol. The third kappa shape index (κ3) is 4.57. The van der Waals surface area contributed by atoms with Gasteiger partial charge in [0.1, 0.15) is 5.82 Å². The lowest BCUT2D eigenvalue weighted by Gasteiger charge is -2.32. The number of hydrogen-bond donors (Lipinski definition) is 2. The largest absolute Gasteiger partial charge is 0.417 e. The van der Waals surface area contributed by atoms with E-state index in [-0.39, 0.29) is 17.7 Å². The number of nitrogens with zero attached hydrogens (tertiary/aromatic N) is 2. The molecule has 6 nitrogen and oxygen atoms in total. The van der Waals surface area contributed by atoms with Crippen molar-refractivity contribution in [2.75, 3.05) is 18.0 Å². The lowest BCUT2D eigenvalue weighted by Crippen LogP contribution is -2.46. The Hall–Kier alpha value is -2.32. The molecule has 1 aliphatic heterocycles. The van der Waals surface area contributed by atoms with Crippen LogP contribution in [0.2, 0.25) is 0 Å². The molecular formula is C14H17F3N4O2. The summed E-state index contributed by atoms with van der Waals surface area (Å²) in [5.74, 6) is -0.406. The molecule has 0 aliphatic carbocycles. The number of carbonyl (C=O) groups is 2. The fraction of sp³-hybridized carbons (Fsp3) is 0.500. The summed E-state index contributed by atoms with van der Waals surface area (Å²) < 4.78 is 37.5. The van der Waals surface area contributed by atoms with Crippen LogP contribution in [0.3, 0.4) is 0 Å². The van der Waals surface area contributed by atoms with Crippen molar-refractivity contribution < 1.29 is 22.8 Å². The Morgan fingerprint density at radius 1 is 1.22 bits per heavy atom. The summed E-state index contributed by atoms with van der Waals surface area (Å²) in [4.78, 5) is 28.2. The van der Waals surface area contributed by atoms with Crippen LogP contribution >= 0.6 is 0 Å². The molecule has 0 bridgehead atoms. The van der Waals surface area contributed by atoms with Gasteiger partial charge in [-0.25, -0.2) is 4.98 Å². The molecule has 2 amide bonds. The SMILES string of the molecule is CC(=O)NNC(=O)C1CCN(c2ccc(C(F)(F)F)cn2)CC1. The summed E-state index contributed by atoms with van der Waals surface area (Å²) in [5.41, 5.74) is 3.78. The van der Waals surface area contributed by atoms with E-state index in [0.29, 0.717) is 31.7 Å². The maximum Gasteiger partial charge on any atom is 0.417 e. The number of amides is 2. The van der Waals surface area contributed by atoms with Gasteiger partial charge in [-0.1, -0.05) is 0 Å². The Morgan fingerprint density at radius 2 is 1.87 bits per heavy atom. The first-order valence-corrected chi connectivity index (χ1v) is 7.12. The first-order chi connectivity index (χ1) is 10.8. The van der Waals surface area contributed by atoms with E-state index in [1.54, 1.807) is 0 Å². The molecule has 0 atom stereocenters. The van der Waals surface area contributed by atoms with Crippen LogP contribution in [0.1, 0.15) is 25.3 Å². The minimum Gasteiger partial charge on any atom is -0.357 e. The Labute approximate surface area is 131 Å². The van der Waals surface area contributed by atoms with Crippen molar-refractivity contribution in [3.8, 4) is 0 Å². The Balaban J connectivity index is 1.89. The van der Waals surface area contributed by atoms with Crippen LogP contribution in [0.5, 0.6) is 0 Å². The fourth-order valence-corrected chi connectivity index (χ4v) is 2.36. The zero-order valence-electron chi connectivity index (χ0n) is 12.5. The first kappa shape index (κ1) is 17.0. The van der Waals surface area contributed by atoms with Crippen molar-refractivity contribution in [3.63, 3.8) is 0 Å². The van der Waals surface area contributed by atoms with Gasteiger partial charge in [-0.2, -0.15) is 13.2 Å².